The van der Waals surface area contributed by atoms with E-state index in [0.717, 1.165) is 0 Å². The van der Waals surface area contributed by atoms with E-state index < -0.39 is 10.2 Å². The van der Waals surface area contributed by atoms with E-state index in [-0.39, 0.29) is 25.8 Å². The zero-order valence-electron chi connectivity index (χ0n) is 14.3. The van der Waals surface area contributed by atoms with Crippen LogP contribution in [-0.2, 0) is 14.9 Å². The van der Waals surface area contributed by atoms with Gasteiger partial charge in [0.25, 0.3) is 16.1 Å². The van der Waals surface area contributed by atoms with Crippen LogP contribution >= 0.6 is 0 Å². The Balaban J connectivity index is 1.39. The number of ether oxygens (including phenoxy) is 3. The first-order valence-electron chi connectivity index (χ1n) is 8.57. The van der Waals surface area contributed by atoms with E-state index in [1.54, 1.807) is 23.1 Å². The molecule has 2 saturated heterocycles. The summed E-state index contributed by atoms with van der Waals surface area (Å²) in [6, 6.07) is 5.09. The van der Waals surface area contributed by atoms with Crippen molar-refractivity contribution in [2.45, 2.75) is 0 Å². The van der Waals surface area contributed by atoms with Gasteiger partial charge in [0.15, 0.2) is 11.5 Å². The van der Waals surface area contributed by atoms with Crippen LogP contribution in [0, 0.1) is 0 Å². The number of hydrogen-bond acceptors (Lipinski definition) is 6. The van der Waals surface area contributed by atoms with Gasteiger partial charge in [-0.2, -0.15) is 17.0 Å². The smallest absolute Gasteiger partial charge is 0.282 e. The number of carbonyl (C=O) groups is 1. The van der Waals surface area contributed by atoms with Crippen molar-refractivity contribution in [2.24, 2.45) is 0 Å². The molecule has 26 heavy (non-hydrogen) atoms. The molecule has 0 atom stereocenters. The Bertz CT molecular complexity index is 785. The molecule has 0 N–H and O–H groups in total. The van der Waals surface area contributed by atoms with E-state index >= 15 is 0 Å². The highest BCUT2D eigenvalue weighted by Crippen LogP contribution is 2.32. The fraction of sp³-hybridized carbons (Fsp3) is 0.562. The highest BCUT2D eigenvalue weighted by molar-refractivity contribution is 7.86. The zero-order chi connectivity index (χ0) is 18.1. The van der Waals surface area contributed by atoms with Crippen molar-refractivity contribution in [2.75, 3.05) is 59.3 Å². The molecule has 0 bridgehead atoms. The summed E-state index contributed by atoms with van der Waals surface area (Å²) in [5.41, 5.74) is 0.513. The molecule has 1 aromatic rings. The first-order chi connectivity index (χ1) is 12.6. The fourth-order valence-electron chi connectivity index (χ4n) is 3.27. The molecule has 9 nitrogen and oxygen atoms in total. The average molecular weight is 383 g/mol. The molecule has 1 aromatic carbocycles. The molecule has 3 aliphatic rings. The Hall–Kier alpha value is -1.88. The van der Waals surface area contributed by atoms with Crippen molar-refractivity contribution in [3.8, 4) is 11.5 Å². The third kappa shape index (κ3) is 3.25. The molecule has 3 heterocycles. The minimum absolute atomic E-state index is 0.133. The Labute approximate surface area is 152 Å². The number of carbonyl (C=O) groups excluding carboxylic acids is 1. The van der Waals surface area contributed by atoms with Crippen LogP contribution in [0.1, 0.15) is 10.4 Å². The molecule has 0 saturated carbocycles. The molecule has 0 aliphatic carbocycles. The summed E-state index contributed by atoms with van der Waals surface area (Å²) in [6.07, 6.45) is 0. The number of fused-ring (bicyclic) bond motifs is 1. The third-order valence-electron chi connectivity index (χ3n) is 4.77. The number of amides is 1. The van der Waals surface area contributed by atoms with E-state index in [2.05, 4.69) is 0 Å². The lowest BCUT2D eigenvalue weighted by Gasteiger charge is -2.37. The lowest BCUT2D eigenvalue weighted by atomic mass is 10.1. The van der Waals surface area contributed by atoms with E-state index in [1.807, 2.05) is 0 Å². The maximum absolute atomic E-state index is 12.7. The van der Waals surface area contributed by atoms with Gasteiger partial charge < -0.3 is 19.1 Å². The highest BCUT2D eigenvalue weighted by Gasteiger charge is 2.34. The number of morpholine rings is 1. The van der Waals surface area contributed by atoms with Gasteiger partial charge in [0.05, 0.1) is 13.2 Å². The maximum Gasteiger partial charge on any atom is 0.282 e. The van der Waals surface area contributed by atoms with Crippen molar-refractivity contribution < 1.29 is 27.4 Å². The predicted octanol–water partition coefficient (Wildman–Crippen LogP) is -0.250. The second-order valence-electron chi connectivity index (χ2n) is 6.28. The minimum Gasteiger partial charge on any atom is -0.454 e. The topological polar surface area (TPSA) is 88.6 Å². The van der Waals surface area contributed by atoms with Crippen molar-refractivity contribution in [1.29, 1.82) is 0 Å². The van der Waals surface area contributed by atoms with E-state index in [9.17, 15) is 13.2 Å². The normalized spacial score (nSPS) is 21.8. The van der Waals surface area contributed by atoms with Crippen LogP contribution in [0.2, 0.25) is 0 Å². The monoisotopic (exact) mass is 383 g/mol. The Morgan fingerprint density at radius 2 is 1.54 bits per heavy atom. The lowest BCUT2D eigenvalue weighted by molar-refractivity contribution is 0.0636. The summed E-state index contributed by atoms with van der Waals surface area (Å²) in [4.78, 5) is 14.4. The summed E-state index contributed by atoms with van der Waals surface area (Å²) < 4.78 is 44.0. The summed E-state index contributed by atoms with van der Waals surface area (Å²) in [6.45, 7) is 3.03. The van der Waals surface area contributed by atoms with Crippen LogP contribution in [0.25, 0.3) is 0 Å². The van der Waals surface area contributed by atoms with Gasteiger partial charge in [-0.15, -0.1) is 0 Å². The fourth-order valence-corrected chi connectivity index (χ4v) is 4.84. The van der Waals surface area contributed by atoms with Gasteiger partial charge in [-0.3, -0.25) is 4.79 Å². The van der Waals surface area contributed by atoms with Crippen LogP contribution in [-0.4, -0.2) is 87.1 Å². The average Bonchev–Trinajstić information content (AvgIpc) is 3.16. The second kappa shape index (κ2) is 7.03. The Kier molecular flexibility index (Phi) is 4.74. The number of nitrogens with zero attached hydrogens (tertiary/aromatic N) is 3. The van der Waals surface area contributed by atoms with Gasteiger partial charge in [-0.05, 0) is 18.2 Å². The summed E-state index contributed by atoms with van der Waals surface area (Å²) in [5.74, 6) is 1.05. The van der Waals surface area contributed by atoms with Crippen LogP contribution in [0.4, 0.5) is 0 Å². The van der Waals surface area contributed by atoms with Gasteiger partial charge in [0.2, 0.25) is 6.79 Å². The molecule has 4 rings (SSSR count). The molecule has 0 unspecified atom stereocenters. The first-order valence-corrected chi connectivity index (χ1v) is 9.97. The van der Waals surface area contributed by atoms with Gasteiger partial charge in [-0.1, -0.05) is 0 Å². The Morgan fingerprint density at radius 3 is 2.27 bits per heavy atom. The van der Waals surface area contributed by atoms with Crippen molar-refractivity contribution in [3.05, 3.63) is 23.8 Å². The predicted molar refractivity (Wildman–Crippen MR) is 91.4 cm³/mol. The van der Waals surface area contributed by atoms with Crippen molar-refractivity contribution >= 4 is 16.1 Å². The summed E-state index contributed by atoms with van der Waals surface area (Å²) >= 11 is 0. The number of benzene rings is 1. The van der Waals surface area contributed by atoms with Crippen molar-refractivity contribution in [1.82, 2.24) is 13.5 Å². The standard InChI is InChI=1S/C16H21N3O6S/c20-16(13-1-2-14-15(11-13)25-12-24-14)17-3-5-18(6-4-17)26(21,22)19-7-9-23-10-8-19/h1-2,11H,3-10,12H2. The zero-order valence-corrected chi connectivity index (χ0v) is 15.1. The molecule has 1 amide bonds. The second-order valence-corrected chi connectivity index (χ2v) is 8.21. The number of hydrogen-bond donors (Lipinski definition) is 0. The van der Waals surface area contributed by atoms with Crippen LogP contribution in [0.5, 0.6) is 11.5 Å². The molecule has 0 radical (unpaired) electrons. The molecule has 142 valence electrons. The summed E-state index contributed by atoms with van der Waals surface area (Å²) in [5, 5.41) is 0. The molecule has 3 aliphatic heterocycles. The molecular weight excluding hydrogens is 362 g/mol. The van der Waals surface area contributed by atoms with Gasteiger partial charge in [0.1, 0.15) is 0 Å². The van der Waals surface area contributed by atoms with Crippen molar-refractivity contribution in [3.63, 3.8) is 0 Å². The van der Waals surface area contributed by atoms with Gasteiger partial charge in [-0.25, -0.2) is 0 Å². The number of rotatable bonds is 3. The maximum atomic E-state index is 12.7. The minimum atomic E-state index is -3.49. The van der Waals surface area contributed by atoms with Crippen LogP contribution in [0.3, 0.4) is 0 Å². The van der Waals surface area contributed by atoms with Gasteiger partial charge in [0, 0.05) is 44.8 Å². The third-order valence-corrected chi connectivity index (χ3v) is 6.80. The lowest BCUT2D eigenvalue weighted by Crippen LogP contribution is -2.55. The number of piperazine rings is 1. The quantitative estimate of drug-likeness (QED) is 0.715. The van der Waals surface area contributed by atoms with Crippen LogP contribution < -0.4 is 9.47 Å². The molecule has 0 spiro atoms. The SMILES string of the molecule is O=C(c1ccc2c(c1)OCO2)N1CCN(S(=O)(=O)N2CCOCC2)CC1. The largest absolute Gasteiger partial charge is 0.454 e. The first kappa shape index (κ1) is 17.5. The van der Waals surface area contributed by atoms with Crippen LogP contribution in [0.15, 0.2) is 18.2 Å². The molecular formula is C16H21N3O6S. The molecule has 2 fully saturated rings. The van der Waals surface area contributed by atoms with E-state index in [4.69, 9.17) is 14.2 Å². The Morgan fingerprint density at radius 1 is 0.885 bits per heavy atom. The van der Waals surface area contributed by atoms with E-state index in [1.165, 1.54) is 8.61 Å². The summed E-state index contributed by atoms with van der Waals surface area (Å²) in [7, 11) is -3.49. The van der Waals surface area contributed by atoms with E-state index in [0.29, 0.717) is 56.5 Å². The molecule has 0 aromatic heterocycles. The van der Waals surface area contributed by atoms with Gasteiger partial charge >= 0.3 is 0 Å². The highest BCUT2D eigenvalue weighted by atomic mass is 32.2. The molecule has 10 heteroatoms.